The number of anilines is 1. The molecule has 1 atom stereocenters. The zero-order chi connectivity index (χ0) is 20.8. The summed E-state index contributed by atoms with van der Waals surface area (Å²) < 4.78 is 1.93. The van der Waals surface area contributed by atoms with Crippen molar-refractivity contribution in [3.8, 4) is 0 Å². The number of hydrogen-bond donors (Lipinski definition) is 3. The van der Waals surface area contributed by atoms with Crippen LogP contribution < -0.4 is 10.6 Å². The maximum atomic E-state index is 12.3. The number of hydrogen-bond acceptors (Lipinski definition) is 5. The SMILES string of the molecule is Cl.O=C(Cc1cn2ccsc2n1)Nc1ccc(CCNCC(O)c2ccccc2)cc1. The molecule has 4 rings (SSSR count). The van der Waals surface area contributed by atoms with Gasteiger partial charge in [0, 0.05) is 30.0 Å². The second-order valence-electron chi connectivity index (χ2n) is 7.13. The molecule has 0 saturated carbocycles. The summed E-state index contributed by atoms with van der Waals surface area (Å²) >= 11 is 1.55. The number of carbonyl (C=O) groups is 1. The minimum atomic E-state index is -0.505. The number of aliphatic hydroxyl groups is 1. The molecular weight excluding hydrogens is 432 g/mol. The first-order chi connectivity index (χ1) is 14.7. The van der Waals surface area contributed by atoms with Crippen LogP contribution in [0, 0.1) is 0 Å². The number of carbonyl (C=O) groups excluding carboxylic acids is 1. The maximum absolute atomic E-state index is 12.3. The molecule has 1 unspecified atom stereocenters. The van der Waals surface area contributed by atoms with Crippen LogP contribution in [0.4, 0.5) is 5.69 Å². The van der Waals surface area contributed by atoms with Crippen LogP contribution in [0.25, 0.3) is 4.96 Å². The van der Waals surface area contributed by atoms with Gasteiger partial charge in [-0.05, 0) is 36.2 Å². The van der Waals surface area contributed by atoms with Gasteiger partial charge in [-0.15, -0.1) is 23.7 Å². The number of nitrogens with zero attached hydrogens (tertiary/aromatic N) is 2. The summed E-state index contributed by atoms with van der Waals surface area (Å²) in [6.45, 7) is 1.29. The molecule has 3 N–H and O–H groups in total. The largest absolute Gasteiger partial charge is 0.387 e. The fraction of sp³-hybridized carbons (Fsp3) is 0.217. The number of nitrogens with one attached hydrogen (secondary N) is 2. The van der Waals surface area contributed by atoms with E-state index in [0.717, 1.165) is 34.9 Å². The van der Waals surface area contributed by atoms with Crippen LogP contribution in [0.5, 0.6) is 0 Å². The van der Waals surface area contributed by atoms with Gasteiger partial charge in [0.1, 0.15) is 0 Å². The van der Waals surface area contributed by atoms with Crippen molar-refractivity contribution in [1.82, 2.24) is 14.7 Å². The molecular formula is C23H25ClN4O2S. The van der Waals surface area contributed by atoms with Gasteiger partial charge in [0.25, 0.3) is 0 Å². The van der Waals surface area contributed by atoms with Crippen LogP contribution >= 0.6 is 23.7 Å². The molecule has 0 spiro atoms. The van der Waals surface area contributed by atoms with Gasteiger partial charge in [-0.1, -0.05) is 42.5 Å². The van der Waals surface area contributed by atoms with Crippen LogP contribution in [0.2, 0.25) is 0 Å². The average Bonchev–Trinajstić information content (AvgIpc) is 3.34. The average molecular weight is 457 g/mol. The van der Waals surface area contributed by atoms with E-state index in [4.69, 9.17) is 0 Å². The van der Waals surface area contributed by atoms with Crippen LogP contribution in [0.1, 0.15) is 22.9 Å². The number of imidazole rings is 1. The summed E-state index contributed by atoms with van der Waals surface area (Å²) in [5.74, 6) is -0.0786. The van der Waals surface area contributed by atoms with E-state index in [-0.39, 0.29) is 24.7 Å². The minimum absolute atomic E-state index is 0. The number of benzene rings is 2. The Morgan fingerprint density at radius 1 is 1.13 bits per heavy atom. The van der Waals surface area contributed by atoms with Crippen LogP contribution in [-0.2, 0) is 17.6 Å². The monoisotopic (exact) mass is 456 g/mol. The third-order valence-corrected chi connectivity index (χ3v) is 5.61. The van der Waals surface area contributed by atoms with Crippen molar-refractivity contribution in [2.24, 2.45) is 0 Å². The van der Waals surface area contributed by atoms with Gasteiger partial charge in [-0.25, -0.2) is 4.98 Å². The standard InChI is InChI=1S/C23H24N4O2S.ClH/c28-21(18-4-2-1-3-5-18)15-24-11-10-17-6-8-19(9-7-17)25-22(29)14-20-16-27-12-13-30-23(27)26-20;/h1-9,12-13,16,21,24,28H,10-11,14-15H2,(H,25,29);1H. The van der Waals surface area contributed by atoms with E-state index in [1.807, 2.05) is 76.8 Å². The molecule has 0 saturated heterocycles. The fourth-order valence-electron chi connectivity index (χ4n) is 3.25. The molecule has 6 nitrogen and oxygen atoms in total. The molecule has 0 radical (unpaired) electrons. The van der Waals surface area contributed by atoms with Crippen LogP contribution in [0.15, 0.2) is 72.4 Å². The molecule has 2 heterocycles. The van der Waals surface area contributed by atoms with Gasteiger partial charge in [0.2, 0.25) is 5.91 Å². The lowest BCUT2D eigenvalue weighted by Crippen LogP contribution is -2.23. The maximum Gasteiger partial charge on any atom is 0.230 e. The second-order valence-corrected chi connectivity index (χ2v) is 8.00. The number of thiazole rings is 1. The van der Waals surface area contributed by atoms with E-state index in [0.29, 0.717) is 6.54 Å². The highest BCUT2D eigenvalue weighted by Crippen LogP contribution is 2.14. The van der Waals surface area contributed by atoms with Gasteiger partial charge < -0.3 is 15.7 Å². The van der Waals surface area contributed by atoms with Crippen molar-refractivity contribution in [1.29, 1.82) is 0 Å². The zero-order valence-electron chi connectivity index (χ0n) is 16.9. The summed E-state index contributed by atoms with van der Waals surface area (Å²) in [6, 6.07) is 17.5. The summed E-state index contributed by atoms with van der Waals surface area (Å²) in [7, 11) is 0. The van der Waals surface area contributed by atoms with Gasteiger partial charge in [0.05, 0.1) is 18.2 Å². The van der Waals surface area contributed by atoms with E-state index in [2.05, 4.69) is 15.6 Å². The molecule has 0 aliphatic carbocycles. The highest BCUT2D eigenvalue weighted by Gasteiger charge is 2.09. The highest BCUT2D eigenvalue weighted by atomic mass is 35.5. The van der Waals surface area contributed by atoms with Crippen molar-refractivity contribution in [3.63, 3.8) is 0 Å². The highest BCUT2D eigenvalue weighted by molar-refractivity contribution is 7.15. The lowest BCUT2D eigenvalue weighted by atomic mass is 10.1. The van der Waals surface area contributed by atoms with E-state index >= 15 is 0 Å². The lowest BCUT2D eigenvalue weighted by Gasteiger charge is -2.12. The molecule has 0 aliphatic rings. The molecule has 2 aromatic carbocycles. The van der Waals surface area contributed by atoms with E-state index in [9.17, 15) is 9.90 Å². The number of aromatic nitrogens is 2. The van der Waals surface area contributed by atoms with Gasteiger partial charge >= 0.3 is 0 Å². The third-order valence-electron chi connectivity index (χ3n) is 4.84. The van der Waals surface area contributed by atoms with E-state index in [1.165, 1.54) is 5.56 Å². The molecule has 8 heteroatoms. The molecule has 31 heavy (non-hydrogen) atoms. The fourth-order valence-corrected chi connectivity index (χ4v) is 3.97. The Hall–Kier alpha value is -2.71. The summed E-state index contributed by atoms with van der Waals surface area (Å²) in [6.07, 6.45) is 4.42. The first kappa shape index (κ1) is 23.0. The summed E-state index contributed by atoms with van der Waals surface area (Å²) in [5.41, 5.74) is 3.63. The minimum Gasteiger partial charge on any atom is -0.387 e. The molecule has 0 fully saturated rings. The number of fused-ring (bicyclic) bond motifs is 1. The Morgan fingerprint density at radius 3 is 2.65 bits per heavy atom. The zero-order valence-corrected chi connectivity index (χ0v) is 18.5. The van der Waals surface area contributed by atoms with E-state index < -0.39 is 6.10 Å². The number of amides is 1. The normalized spacial score (nSPS) is 11.8. The van der Waals surface area contributed by atoms with Crippen molar-refractivity contribution < 1.29 is 9.90 Å². The first-order valence-electron chi connectivity index (χ1n) is 9.91. The Bertz CT molecular complexity index is 1070. The Kier molecular flexibility index (Phi) is 8.20. The predicted octanol–water partition coefficient (Wildman–Crippen LogP) is 3.86. The molecule has 2 aromatic heterocycles. The molecule has 1 amide bonds. The Morgan fingerprint density at radius 2 is 1.90 bits per heavy atom. The van der Waals surface area contributed by atoms with Crippen LogP contribution in [-0.4, -0.2) is 33.5 Å². The predicted molar refractivity (Wildman–Crippen MR) is 127 cm³/mol. The number of halogens is 1. The van der Waals surface area contributed by atoms with Crippen molar-refractivity contribution in [2.75, 3.05) is 18.4 Å². The molecule has 162 valence electrons. The number of aliphatic hydroxyl groups excluding tert-OH is 1. The van der Waals surface area contributed by atoms with Crippen molar-refractivity contribution in [2.45, 2.75) is 18.9 Å². The van der Waals surface area contributed by atoms with E-state index in [1.54, 1.807) is 11.3 Å². The summed E-state index contributed by atoms with van der Waals surface area (Å²) in [4.78, 5) is 17.6. The third kappa shape index (κ3) is 6.38. The lowest BCUT2D eigenvalue weighted by molar-refractivity contribution is -0.115. The molecule has 4 aromatic rings. The second kappa shape index (κ2) is 11.1. The van der Waals surface area contributed by atoms with Crippen molar-refractivity contribution >= 4 is 40.3 Å². The van der Waals surface area contributed by atoms with Gasteiger partial charge in [-0.2, -0.15) is 0 Å². The summed E-state index contributed by atoms with van der Waals surface area (Å²) in [5, 5.41) is 18.3. The van der Waals surface area contributed by atoms with Gasteiger partial charge in [0.15, 0.2) is 4.96 Å². The Labute approximate surface area is 191 Å². The topological polar surface area (TPSA) is 78.7 Å². The smallest absolute Gasteiger partial charge is 0.230 e. The quantitative estimate of drug-likeness (QED) is 0.334. The first-order valence-corrected chi connectivity index (χ1v) is 10.8. The number of rotatable bonds is 9. The molecule has 0 bridgehead atoms. The van der Waals surface area contributed by atoms with Crippen LogP contribution in [0.3, 0.4) is 0 Å². The Balaban J connectivity index is 0.00000272. The van der Waals surface area contributed by atoms with Gasteiger partial charge in [-0.3, -0.25) is 9.20 Å². The van der Waals surface area contributed by atoms with Crippen molar-refractivity contribution in [3.05, 3.63) is 89.2 Å². The molecule has 0 aliphatic heterocycles.